The van der Waals surface area contributed by atoms with Crippen molar-refractivity contribution in [2.45, 2.75) is 32.6 Å². The SMILES string of the molecule is C[C@H]1CCCN(CC2CCCNC2)C1.Cl. The van der Waals surface area contributed by atoms with Gasteiger partial charge >= 0.3 is 0 Å². The van der Waals surface area contributed by atoms with Crippen molar-refractivity contribution >= 4 is 12.4 Å². The van der Waals surface area contributed by atoms with E-state index in [0.29, 0.717) is 0 Å². The third kappa shape index (κ3) is 4.29. The molecule has 2 saturated heterocycles. The standard InChI is InChI=1S/C12H24N2.ClH/c1-11-4-3-7-14(9-11)10-12-5-2-6-13-8-12;/h11-13H,2-10H2,1H3;1H/t11-,12?;/m0./s1. The minimum Gasteiger partial charge on any atom is -0.316 e. The molecule has 0 amide bonds. The van der Waals surface area contributed by atoms with Crippen molar-refractivity contribution in [3.63, 3.8) is 0 Å². The molecule has 0 saturated carbocycles. The Morgan fingerprint density at radius 1 is 1.27 bits per heavy atom. The molecule has 3 heteroatoms. The first-order chi connectivity index (χ1) is 6.84. The molecule has 0 aromatic rings. The van der Waals surface area contributed by atoms with E-state index in [9.17, 15) is 0 Å². The summed E-state index contributed by atoms with van der Waals surface area (Å²) in [5.74, 6) is 1.86. The minimum absolute atomic E-state index is 0. The molecule has 2 aliphatic heterocycles. The van der Waals surface area contributed by atoms with E-state index in [1.165, 1.54) is 58.4 Å². The molecule has 90 valence electrons. The number of hydrogen-bond donors (Lipinski definition) is 1. The quantitative estimate of drug-likeness (QED) is 0.785. The van der Waals surface area contributed by atoms with Crippen LogP contribution in [0.1, 0.15) is 32.6 Å². The summed E-state index contributed by atoms with van der Waals surface area (Å²) < 4.78 is 0. The van der Waals surface area contributed by atoms with E-state index in [4.69, 9.17) is 0 Å². The molecular weight excluding hydrogens is 208 g/mol. The Kier molecular flexibility index (Phi) is 5.95. The van der Waals surface area contributed by atoms with Crippen molar-refractivity contribution in [2.24, 2.45) is 11.8 Å². The molecule has 0 aliphatic carbocycles. The van der Waals surface area contributed by atoms with Crippen molar-refractivity contribution in [3.8, 4) is 0 Å². The Bertz CT molecular complexity index is 169. The lowest BCUT2D eigenvalue weighted by Crippen LogP contribution is -2.42. The molecule has 0 radical (unpaired) electrons. The van der Waals surface area contributed by atoms with Crippen LogP contribution in [-0.4, -0.2) is 37.6 Å². The summed E-state index contributed by atoms with van der Waals surface area (Å²) in [6.07, 6.45) is 5.69. The maximum atomic E-state index is 3.51. The van der Waals surface area contributed by atoms with Gasteiger partial charge in [-0.3, -0.25) is 0 Å². The van der Waals surface area contributed by atoms with Gasteiger partial charge in [0.25, 0.3) is 0 Å². The number of nitrogens with one attached hydrogen (secondary N) is 1. The van der Waals surface area contributed by atoms with Crippen molar-refractivity contribution in [1.29, 1.82) is 0 Å². The van der Waals surface area contributed by atoms with Crippen LogP contribution in [0.4, 0.5) is 0 Å². The van der Waals surface area contributed by atoms with E-state index in [1.807, 2.05) is 0 Å². The van der Waals surface area contributed by atoms with E-state index < -0.39 is 0 Å². The maximum absolute atomic E-state index is 3.51. The molecule has 2 nitrogen and oxygen atoms in total. The van der Waals surface area contributed by atoms with Crippen LogP contribution in [-0.2, 0) is 0 Å². The summed E-state index contributed by atoms with van der Waals surface area (Å²) in [6, 6.07) is 0. The second-order valence-corrected chi connectivity index (χ2v) is 5.22. The molecule has 15 heavy (non-hydrogen) atoms. The molecule has 0 aromatic heterocycles. The molecule has 2 heterocycles. The van der Waals surface area contributed by atoms with Crippen LogP contribution in [0.2, 0.25) is 0 Å². The maximum Gasteiger partial charge on any atom is 0.00219 e. The Balaban J connectivity index is 0.00000112. The smallest absolute Gasteiger partial charge is 0.00219 e. The van der Waals surface area contributed by atoms with E-state index in [1.54, 1.807) is 0 Å². The third-order valence-corrected chi connectivity index (χ3v) is 3.66. The summed E-state index contributed by atoms with van der Waals surface area (Å²) in [5, 5.41) is 3.51. The Morgan fingerprint density at radius 2 is 2.13 bits per heavy atom. The Morgan fingerprint density at radius 3 is 2.80 bits per heavy atom. The molecule has 0 bridgehead atoms. The van der Waals surface area contributed by atoms with Gasteiger partial charge in [-0.05, 0) is 57.2 Å². The fraction of sp³-hybridized carbons (Fsp3) is 1.00. The van der Waals surface area contributed by atoms with Gasteiger partial charge in [-0.1, -0.05) is 6.92 Å². The predicted octanol–water partition coefficient (Wildman–Crippen LogP) is 2.14. The molecule has 0 aromatic carbocycles. The summed E-state index contributed by atoms with van der Waals surface area (Å²) >= 11 is 0. The van der Waals surface area contributed by atoms with Crippen LogP contribution < -0.4 is 5.32 Å². The average molecular weight is 233 g/mol. The zero-order valence-electron chi connectivity index (χ0n) is 9.87. The van der Waals surface area contributed by atoms with E-state index in [-0.39, 0.29) is 12.4 Å². The normalized spacial score (nSPS) is 33.4. The van der Waals surface area contributed by atoms with Crippen LogP contribution in [0, 0.1) is 11.8 Å². The minimum atomic E-state index is 0. The zero-order valence-corrected chi connectivity index (χ0v) is 10.7. The van der Waals surface area contributed by atoms with Gasteiger partial charge in [0.2, 0.25) is 0 Å². The molecule has 2 rings (SSSR count). The van der Waals surface area contributed by atoms with Gasteiger partial charge in [0.05, 0.1) is 0 Å². The largest absolute Gasteiger partial charge is 0.316 e. The number of hydrogen-bond acceptors (Lipinski definition) is 2. The zero-order chi connectivity index (χ0) is 9.80. The molecule has 1 unspecified atom stereocenters. The van der Waals surface area contributed by atoms with E-state index in [2.05, 4.69) is 17.1 Å². The molecule has 2 fully saturated rings. The second kappa shape index (κ2) is 6.72. The summed E-state index contributed by atoms with van der Waals surface area (Å²) in [7, 11) is 0. The van der Waals surface area contributed by atoms with Gasteiger partial charge < -0.3 is 10.2 Å². The molecule has 2 aliphatic rings. The highest BCUT2D eigenvalue weighted by Gasteiger charge is 2.20. The predicted molar refractivity (Wildman–Crippen MR) is 67.7 cm³/mol. The van der Waals surface area contributed by atoms with E-state index in [0.717, 1.165) is 11.8 Å². The highest BCUT2D eigenvalue weighted by Crippen LogP contribution is 2.18. The lowest BCUT2D eigenvalue weighted by atomic mass is 9.95. The molecule has 1 N–H and O–H groups in total. The lowest BCUT2D eigenvalue weighted by molar-refractivity contribution is 0.148. The van der Waals surface area contributed by atoms with Crippen LogP contribution in [0.15, 0.2) is 0 Å². The van der Waals surface area contributed by atoms with Gasteiger partial charge in [-0.25, -0.2) is 0 Å². The third-order valence-electron chi connectivity index (χ3n) is 3.66. The number of likely N-dealkylation sites (tertiary alicyclic amines) is 1. The van der Waals surface area contributed by atoms with Gasteiger partial charge in [-0.15, -0.1) is 12.4 Å². The topological polar surface area (TPSA) is 15.3 Å². The molecule has 2 atom stereocenters. The van der Waals surface area contributed by atoms with Gasteiger partial charge in [0.15, 0.2) is 0 Å². The van der Waals surface area contributed by atoms with Crippen LogP contribution in [0.5, 0.6) is 0 Å². The van der Waals surface area contributed by atoms with E-state index >= 15 is 0 Å². The fourth-order valence-electron chi connectivity index (χ4n) is 2.90. The first-order valence-corrected chi connectivity index (χ1v) is 6.27. The average Bonchev–Trinajstić information content (AvgIpc) is 2.19. The van der Waals surface area contributed by atoms with Crippen molar-refractivity contribution in [1.82, 2.24) is 10.2 Å². The van der Waals surface area contributed by atoms with Gasteiger partial charge in [-0.2, -0.15) is 0 Å². The number of nitrogens with zero attached hydrogens (tertiary/aromatic N) is 1. The Hall–Kier alpha value is 0.210. The van der Waals surface area contributed by atoms with Crippen molar-refractivity contribution in [2.75, 3.05) is 32.7 Å². The fourth-order valence-corrected chi connectivity index (χ4v) is 2.90. The monoisotopic (exact) mass is 232 g/mol. The van der Waals surface area contributed by atoms with Crippen molar-refractivity contribution < 1.29 is 0 Å². The highest BCUT2D eigenvalue weighted by molar-refractivity contribution is 5.85. The van der Waals surface area contributed by atoms with Crippen LogP contribution in [0.25, 0.3) is 0 Å². The molecule has 0 spiro atoms. The molecular formula is C12H25ClN2. The number of halogens is 1. The summed E-state index contributed by atoms with van der Waals surface area (Å²) in [6.45, 7) is 8.93. The number of piperidine rings is 2. The summed E-state index contributed by atoms with van der Waals surface area (Å²) in [4.78, 5) is 2.69. The second-order valence-electron chi connectivity index (χ2n) is 5.22. The lowest BCUT2D eigenvalue weighted by Gasteiger charge is -2.35. The van der Waals surface area contributed by atoms with Crippen LogP contribution in [0.3, 0.4) is 0 Å². The Labute approximate surface area is 100 Å². The first-order valence-electron chi connectivity index (χ1n) is 6.27. The van der Waals surface area contributed by atoms with Crippen molar-refractivity contribution in [3.05, 3.63) is 0 Å². The highest BCUT2D eigenvalue weighted by atomic mass is 35.5. The summed E-state index contributed by atoms with van der Waals surface area (Å²) in [5.41, 5.74) is 0. The number of rotatable bonds is 2. The first kappa shape index (κ1) is 13.3. The van der Waals surface area contributed by atoms with Gasteiger partial charge in [0.1, 0.15) is 0 Å². The van der Waals surface area contributed by atoms with Crippen LogP contribution >= 0.6 is 12.4 Å². The van der Waals surface area contributed by atoms with Gasteiger partial charge in [0, 0.05) is 13.1 Å².